The molecular weight excluding hydrogens is 342 g/mol. The van der Waals surface area contributed by atoms with E-state index in [4.69, 9.17) is 4.74 Å². The van der Waals surface area contributed by atoms with E-state index in [9.17, 15) is 0 Å². The molecule has 1 aromatic carbocycles. The first-order chi connectivity index (χ1) is 7.22. The van der Waals surface area contributed by atoms with Gasteiger partial charge in [-0.2, -0.15) is 0 Å². The maximum Gasteiger partial charge on any atom is 0.160 e. The predicted octanol–water partition coefficient (Wildman–Crippen LogP) is 4.34. The van der Waals surface area contributed by atoms with E-state index in [2.05, 4.69) is 36.8 Å². The quantitative estimate of drug-likeness (QED) is 0.805. The van der Waals surface area contributed by atoms with Crippen LogP contribution in [-0.4, -0.2) is 12.1 Å². The highest BCUT2D eigenvalue weighted by atomic mass is 79.9. The number of para-hydroxylation sites is 1. The zero-order chi connectivity index (χ0) is 10.8. The van der Waals surface area contributed by atoms with Crippen molar-refractivity contribution in [1.82, 2.24) is 4.98 Å². The lowest BCUT2D eigenvalue weighted by Gasteiger charge is -2.05. The summed E-state index contributed by atoms with van der Waals surface area (Å²) in [4.78, 5) is 4.40. The number of benzene rings is 1. The van der Waals surface area contributed by atoms with E-state index in [1.54, 1.807) is 18.4 Å². The maximum absolute atomic E-state index is 5.29. The van der Waals surface area contributed by atoms with Crippen LogP contribution in [-0.2, 0) is 0 Å². The lowest BCUT2D eigenvalue weighted by molar-refractivity contribution is 0.416. The smallest absolute Gasteiger partial charge is 0.160 e. The number of aromatic nitrogens is 1. The molecule has 0 atom stereocenters. The average Bonchev–Trinajstić information content (AvgIpc) is 2.57. The van der Waals surface area contributed by atoms with Crippen molar-refractivity contribution in [3.05, 3.63) is 32.0 Å². The Hall–Kier alpha value is -0.390. The summed E-state index contributed by atoms with van der Waals surface area (Å²) in [6.07, 6.45) is 0. The molecule has 0 saturated carbocycles. The minimum Gasteiger partial charge on any atom is -0.496 e. The first kappa shape index (κ1) is 11.1. The molecule has 1 aromatic heterocycles. The third-order valence-electron chi connectivity index (χ3n) is 1.92. The second kappa shape index (κ2) is 4.63. The Morgan fingerprint density at radius 1 is 1.27 bits per heavy atom. The average molecular weight is 349 g/mol. The molecule has 2 nitrogen and oxygen atoms in total. The summed E-state index contributed by atoms with van der Waals surface area (Å²) in [6, 6.07) is 7.83. The van der Waals surface area contributed by atoms with Crippen molar-refractivity contribution >= 4 is 43.2 Å². The van der Waals surface area contributed by atoms with Crippen LogP contribution in [0.15, 0.2) is 32.0 Å². The third-order valence-corrected chi connectivity index (χ3v) is 4.08. The largest absolute Gasteiger partial charge is 0.496 e. The summed E-state index contributed by atoms with van der Waals surface area (Å²) in [5.41, 5.74) is 1.90. The van der Waals surface area contributed by atoms with E-state index in [1.165, 1.54) is 0 Å². The minimum absolute atomic E-state index is 0.830. The number of methoxy groups -OCH3 is 1. The third kappa shape index (κ3) is 2.24. The van der Waals surface area contributed by atoms with Crippen LogP contribution in [0, 0.1) is 0 Å². The van der Waals surface area contributed by atoms with E-state index in [0.717, 1.165) is 24.7 Å². The van der Waals surface area contributed by atoms with Crippen LogP contribution in [0.5, 0.6) is 5.75 Å². The van der Waals surface area contributed by atoms with Gasteiger partial charge in [-0.05, 0) is 44.0 Å². The molecule has 0 fully saturated rings. The lowest BCUT2D eigenvalue weighted by atomic mass is 10.1. The van der Waals surface area contributed by atoms with Crippen molar-refractivity contribution in [2.75, 3.05) is 7.11 Å². The van der Waals surface area contributed by atoms with Crippen LogP contribution in [0.25, 0.3) is 11.3 Å². The van der Waals surface area contributed by atoms with Gasteiger partial charge < -0.3 is 4.74 Å². The van der Waals surface area contributed by atoms with Gasteiger partial charge in [-0.15, -0.1) is 0 Å². The second-order valence-electron chi connectivity index (χ2n) is 2.79. The summed E-state index contributed by atoms with van der Waals surface area (Å²) in [5.74, 6) is 0.830. The Morgan fingerprint density at radius 2 is 2.00 bits per heavy atom. The number of rotatable bonds is 2. The summed E-state index contributed by atoms with van der Waals surface area (Å²) >= 11 is 8.40. The van der Waals surface area contributed by atoms with Gasteiger partial charge in [0.15, 0.2) is 3.92 Å². The van der Waals surface area contributed by atoms with Gasteiger partial charge in [0.25, 0.3) is 0 Å². The standard InChI is InChI=1S/C10H7Br2NOS/c1-14-7-5-3-2-4-6(7)8-9(11)15-10(12)13-8/h2-5H,1H3. The van der Waals surface area contributed by atoms with Crippen LogP contribution in [0.4, 0.5) is 0 Å². The Morgan fingerprint density at radius 3 is 2.60 bits per heavy atom. The number of hydrogen-bond acceptors (Lipinski definition) is 3. The fourth-order valence-electron chi connectivity index (χ4n) is 1.28. The highest BCUT2D eigenvalue weighted by Crippen LogP contribution is 2.38. The molecule has 0 bridgehead atoms. The molecule has 5 heteroatoms. The van der Waals surface area contributed by atoms with Crippen molar-refractivity contribution < 1.29 is 4.74 Å². The van der Waals surface area contributed by atoms with Crippen molar-refractivity contribution in [2.24, 2.45) is 0 Å². The molecule has 0 radical (unpaired) electrons. The highest BCUT2D eigenvalue weighted by molar-refractivity contribution is 9.12. The molecule has 0 aliphatic rings. The number of hydrogen-bond donors (Lipinski definition) is 0. The summed E-state index contributed by atoms with van der Waals surface area (Å²) in [7, 11) is 1.66. The Labute approximate surface area is 109 Å². The van der Waals surface area contributed by atoms with Crippen LogP contribution in [0.3, 0.4) is 0 Å². The van der Waals surface area contributed by atoms with Gasteiger partial charge >= 0.3 is 0 Å². The second-order valence-corrected chi connectivity index (χ2v) is 6.38. The predicted molar refractivity (Wildman–Crippen MR) is 69.5 cm³/mol. The van der Waals surface area contributed by atoms with Crippen LogP contribution >= 0.6 is 43.2 Å². The minimum atomic E-state index is 0.830. The lowest BCUT2D eigenvalue weighted by Crippen LogP contribution is -1.87. The molecule has 2 rings (SSSR count). The number of nitrogens with zero attached hydrogens (tertiary/aromatic N) is 1. The van der Waals surface area contributed by atoms with Crippen molar-refractivity contribution in [2.45, 2.75) is 0 Å². The topological polar surface area (TPSA) is 22.1 Å². The number of thiazole rings is 1. The zero-order valence-electron chi connectivity index (χ0n) is 7.83. The number of halogens is 2. The maximum atomic E-state index is 5.29. The van der Waals surface area contributed by atoms with Gasteiger partial charge in [-0.3, -0.25) is 0 Å². The van der Waals surface area contributed by atoms with Crippen LogP contribution in [0.2, 0.25) is 0 Å². The van der Waals surface area contributed by atoms with Gasteiger partial charge in [-0.1, -0.05) is 23.5 Å². The van der Waals surface area contributed by atoms with Crippen molar-refractivity contribution in [3.63, 3.8) is 0 Å². The molecule has 0 unspecified atom stereocenters. The molecule has 0 aliphatic carbocycles. The highest BCUT2D eigenvalue weighted by Gasteiger charge is 2.13. The van der Waals surface area contributed by atoms with Gasteiger partial charge in [0.05, 0.1) is 10.9 Å². The Balaban J connectivity index is 2.58. The molecule has 15 heavy (non-hydrogen) atoms. The van der Waals surface area contributed by atoms with Gasteiger partial charge in [-0.25, -0.2) is 4.98 Å². The molecular formula is C10H7Br2NOS. The molecule has 0 saturated heterocycles. The van der Waals surface area contributed by atoms with Crippen LogP contribution < -0.4 is 4.74 Å². The molecule has 78 valence electrons. The van der Waals surface area contributed by atoms with Gasteiger partial charge in [0, 0.05) is 5.56 Å². The van der Waals surface area contributed by atoms with E-state index < -0.39 is 0 Å². The first-order valence-electron chi connectivity index (χ1n) is 4.17. The normalized spacial score (nSPS) is 10.3. The van der Waals surface area contributed by atoms with Crippen LogP contribution in [0.1, 0.15) is 0 Å². The van der Waals surface area contributed by atoms with E-state index in [-0.39, 0.29) is 0 Å². The Bertz CT molecular complexity index is 484. The fraction of sp³-hybridized carbons (Fsp3) is 0.100. The molecule has 0 N–H and O–H groups in total. The van der Waals surface area contributed by atoms with E-state index in [0.29, 0.717) is 0 Å². The zero-order valence-corrected chi connectivity index (χ0v) is 11.8. The molecule has 2 aromatic rings. The summed E-state index contributed by atoms with van der Waals surface area (Å²) < 4.78 is 7.15. The SMILES string of the molecule is COc1ccccc1-c1nc(Br)sc1Br. The van der Waals surface area contributed by atoms with E-state index >= 15 is 0 Å². The molecule has 0 spiro atoms. The summed E-state index contributed by atoms with van der Waals surface area (Å²) in [6.45, 7) is 0. The number of ether oxygens (including phenoxy) is 1. The molecule has 1 heterocycles. The van der Waals surface area contributed by atoms with Crippen molar-refractivity contribution in [3.8, 4) is 17.0 Å². The Kier molecular flexibility index (Phi) is 3.43. The van der Waals surface area contributed by atoms with E-state index in [1.807, 2.05) is 24.3 Å². The first-order valence-corrected chi connectivity index (χ1v) is 6.58. The fourth-order valence-corrected chi connectivity index (χ4v) is 3.90. The van der Waals surface area contributed by atoms with Crippen molar-refractivity contribution in [1.29, 1.82) is 0 Å². The molecule has 0 amide bonds. The van der Waals surface area contributed by atoms with Gasteiger partial charge in [0.2, 0.25) is 0 Å². The monoisotopic (exact) mass is 347 g/mol. The summed E-state index contributed by atoms with van der Waals surface area (Å²) in [5, 5.41) is 0. The molecule has 0 aliphatic heterocycles. The van der Waals surface area contributed by atoms with Gasteiger partial charge in [0.1, 0.15) is 11.4 Å².